The topological polar surface area (TPSA) is 93.9 Å². The van der Waals surface area contributed by atoms with Crippen molar-refractivity contribution in [3.63, 3.8) is 0 Å². The predicted molar refractivity (Wildman–Crippen MR) is 114 cm³/mol. The molecule has 0 radical (unpaired) electrons. The van der Waals surface area contributed by atoms with Gasteiger partial charge in [-0.3, -0.25) is 9.59 Å². The van der Waals surface area contributed by atoms with Crippen molar-refractivity contribution in [1.29, 1.82) is 0 Å². The highest BCUT2D eigenvalue weighted by molar-refractivity contribution is 6.01. The van der Waals surface area contributed by atoms with Crippen LogP contribution in [0.4, 0.5) is 5.69 Å². The van der Waals surface area contributed by atoms with E-state index in [2.05, 4.69) is 5.32 Å². The second-order valence-corrected chi connectivity index (χ2v) is 6.69. The van der Waals surface area contributed by atoms with Gasteiger partial charge in [0.1, 0.15) is 17.5 Å². The van der Waals surface area contributed by atoms with E-state index in [4.69, 9.17) is 15.2 Å². The summed E-state index contributed by atoms with van der Waals surface area (Å²) in [5.41, 5.74) is 7.67. The zero-order valence-electron chi connectivity index (χ0n) is 16.5. The third-order valence-electron chi connectivity index (χ3n) is 4.82. The summed E-state index contributed by atoms with van der Waals surface area (Å²) in [6.45, 7) is 0.505. The quantitative estimate of drug-likeness (QED) is 0.718. The van der Waals surface area contributed by atoms with Crippen molar-refractivity contribution in [2.24, 2.45) is 5.73 Å². The van der Waals surface area contributed by atoms with Gasteiger partial charge >= 0.3 is 0 Å². The first-order chi connectivity index (χ1) is 13.5. The minimum absolute atomic E-state index is 0. The fourth-order valence-electron chi connectivity index (χ4n) is 3.29. The normalized spacial score (nSPS) is 16.7. The SMILES string of the molecule is COc1cc(OC)cc(N2CCC(NC(=O)CC(N)c3ccccc3)C2=O)c1.Cl. The molecular weight excluding hydrogens is 394 g/mol. The number of nitrogens with two attached hydrogens (primary N) is 1. The van der Waals surface area contributed by atoms with Crippen LogP contribution >= 0.6 is 12.4 Å². The molecule has 1 aliphatic heterocycles. The Labute approximate surface area is 176 Å². The van der Waals surface area contributed by atoms with E-state index < -0.39 is 12.1 Å². The van der Waals surface area contributed by atoms with Crippen molar-refractivity contribution in [2.45, 2.75) is 24.9 Å². The number of amides is 2. The molecule has 1 aliphatic rings. The number of rotatable bonds is 7. The maximum Gasteiger partial charge on any atom is 0.249 e. The Balaban J connectivity index is 0.00000300. The van der Waals surface area contributed by atoms with E-state index in [1.54, 1.807) is 37.3 Å². The van der Waals surface area contributed by atoms with Crippen LogP contribution in [0.3, 0.4) is 0 Å². The van der Waals surface area contributed by atoms with Crippen LogP contribution in [0.25, 0.3) is 0 Å². The molecule has 2 aromatic rings. The first-order valence-corrected chi connectivity index (χ1v) is 9.16. The molecule has 7 nitrogen and oxygen atoms in total. The first-order valence-electron chi connectivity index (χ1n) is 9.16. The average molecular weight is 420 g/mol. The second-order valence-electron chi connectivity index (χ2n) is 6.69. The summed E-state index contributed by atoms with van der Waals surface area (Å²) in [4.78, 5) is 26.8. The molecule has 156 valence electrons. The molecule has 0 bridgehead atoms. The summed E-state index contributed by atoms with van der Waals surface area (Å²) in [7, 11) is 3.12. The summed E-state index contributed by atoms with van der Waals surface area (Å²) in [6, 6.07) is 13.8. The van der Waals surface area contributed by atoms with Crippen LogP contribution in [-0.2, 0) is 9.59 Å². The van der Waals surface area contributed by atoms with Gasteiger partial charge in [-0.2, -0.15) is 0 Å². The summed E-state index contributed by atoms with van der Waals surface area (Å²) < 4.78 is 10.5. The molecule has 8 heteroatoms. The van der Waals surface area contributed by atoms with Gasteiger partial charge in [0.25, 0.3) is 0 Å². The fraction of sp³-hybridized carbons (Fsp3) is 0.333. The molecule has 29 heavy (non-hydrogen) atoms. The van der Waals surface area contributed by atoms with Gasteiger partial charge in [0.2, 0.25) is 11.8 Å². The van der Waals surface area contributed by atoms with Crippen molar-refractivity contribution in [2.75, 3.05) is 25.7 Å². The number of hydrogen-bond donors (Lipinski definition) is 2. The van der Waals surface area contributed by atoms with Crippen molar-refractivity contribution in [1.82, 2.24) is 5.32 Å². The van der Waals surface area contributed by atoms with Crippen LogP contribution in [0.15, 0.2) is 48.5 Å². The van der Waals surface area contributed by atoms with Gasteiger partial charge in [-0.15, -0.1) is 12.4 Å². The highest BCUT2D eigenvalue weighted by Gasteiger charge is 2.34. The van der Waals surface area contributed by atoms with E-state index in [0.29, 0.717) is 30.2 Å². The zero-order valence-corrected chi connectivity index (χ0v) is 17.3. The summed E-state index contributed by atoms with van der Waals surface area (Å²) in [5.74, 6) is 0.809. The van der Waals surface area contributed by atoms with Crippen LogP contribution in [-0.4, -0.2) is 38.6 Å². The standard InChI is InChI=1S/C21H25N3O4.ClH/c1-27-16-10-15(11-17(12-16)28-2)24-9-8-19(21(24)26)23-20(25)13-18(22)14-6-4-3-5-7-14;/h3-7,10-12,18-19H,8-9,13,22H2,1-2H3,(H,23,25);1H. The molecule has 1 saturated heterocycles. The van der Waals surface area contributed by atoms with Crippen LogP contribution < -0.4 is 25.4 Å². The van der Waals surface area contributed by atoms with E-state index in [1.807, 2.05) is 30.3 Å². The number of halogens is 1. The second kappa shape index (κ2) is 10.1. The molecule has 2 amide bonds. The lowest BCUT2D eigenvalue weighted by molar-refractivity contribution is -0.126. The van der Waals surface area contributed by atoms with Gasteiger partial charge in [-0.25, -0.2) is 0 Å². The Morgan fingerprint density at radius 2 is 1.79 bits per heavy atom. The van der Waals surface area contributed by atoms with E-state index in [0.717, 1.165) is 5.56 Å². The Morgan fingerprint density at radius 3 is 2.38 bits per heavy atom. The highest BCUT2D eigenvalue weighted by Crippen LogP contribution is 2.31. The average Bonchev–Trinajstić information content (AvgIpc) is 3.08. The number of hydrogen-bond acceptors (Lipinski definition) is 5. The minimum atomic E-state index is -0.562. The number of ether oxygens (including phenoxy) is 2. The maximum absolute atomic E-state index is 12.8. The summed E-state index contributed by atoms with van der Waals surface area (Å²) in [6.07, 6.45) is 0.658. The predicted octanol–water partition coefficient (Wildman–Crippen LogP) is 2.44. The minimum Gasteiger partial charge on any atom is -0.497 e. The number of nitrogens with zero attached hydrogens (tertiary/aromatic N) is 1. The third kappa shape index (κ3) is 5.40. The van der Waals surface area contributed by atoms with Crippen LogP contribution in [0.5, 0.6) is 11.5 Å². The Hall–Kier alpha value is -2.77. The zero-order chi connectivity index (χ0) is 20.1. The Morgan fingerprint density at radius 1 is 1.17 bits per heavy atom. The number of carbonyl (C=O) groups is 2. The molecule has 3 N–H and O–H groups in total. The molecule has 0 aliphatic carbocycles. The molecule has 2 aromatic carbocycles. The largest absolute Gasteiger partial charge is 0.497 e. The first kappa shape index (κ1) is 22.5. The number of carbonyl (C=O) groups excluding carboxylic acids is 2. The van der Waals surface area contributed by atoms with Crippen LogP contribution in [0.2, 0.25) is 0 Å². The van der Waals surface area contributed by atoms with E-state index >= 15 is 0 Å². The fourth-order valence-corrected chi connectivity index (χ4v) is 3.29. The Kier molecular flexibility index (Phi) is 7.87. The van der Waals surface area contributed by atoms with Crippen LogP contribution in [0, 0.1) is 0 Å². The van der Waals surface area contributed by atoms with Gasteiger partial charge in [0, 0.05) is 37.2 Å². The van der Waals surface area contributed by atoms with Gasteiger partial charge in [-0.05, 0) is 12.0 Å². The van der Waals surface area contributed by atoms with Crippen LogP contribution in [0.1, 0.15) is 24.4 Å². The molecule has 2 unspecified atom stereocenters. The van der Waals surface area contributed by atoms with Crippen molar-refractivity contribution in [3.8, 4) is 11.5 Å². The van der Waals surface area contributed by atoms with Gasteiger partial charge < -0.3 is 25.4 Å². The molecule has 1 fully saturated rings. The van der Waals surface area contributed by atoms with E-state index in [9.17, 15) is 9.59 Å². The van der Waals surface area contributed by atoms with Crippen molar-refractivity contribution in [3.05, 3.63) is 54.1 Å². The van der Waals surface area contributed by atoms with Gasteiger partial charge in [-0.1, -0.05) is 30.3 Å². The summed E-state index contributed by atoms with van der Waals surface area (Å²) >= 11 is 0. The van der Waals surface area contributed by atoms with Gasteiger partial charge in [0.15, 0.2) is 0 Å². The van der Waals surface area contributed by atoms with Crippen molar-refractivity contribution < 1.29 is 19.1 Å². The smallest absolute Gasteiger partial charge is 0.249 e. The molecular formula is C21H26ClN3O4. The number of anilines is 1. The number of benzene rings is 2. The van der Waals surface area contributed by atoms with Crippen molar-refractivity contribution >= 4 is 29.9 Å². The molecule has 2 atom stereocenters. The number of nitrogens with one attached hydrogen (secondary N) is 1. The molecule has 1 heterocycles. The molecule has 0 aromatic heterocycles. The lowest BCUT2D eigenvalue weighted by Gasteiger charge is -2.19. The lowest BCUT2D eigenvalue weighted by atomic mass is 10.0. The van der Waals surface area contributed by atoms with Gasteiger partial charge in [0.05, 0.1) is 19.9 Å². The van der Waals surface area contributed by atoms with E-state index in [-0.39, 0.29) is 30.6 Å². The third-order valence-corrected chi connectivity index (χ3v) is 4.82. The highest BCUT2D eigenvalue weighted by atomic mass is 35.5. The molecule has 0 spiro atoms. The molecule has 3 rings (SSSR count). The summed E-state index contributed by atoms with van der Waals surface area (Å²) in [5, 5.41) is 2.81. The maximum atomic E-state index is 12.8. The van der Waals surface area contributed by atoms with E-state index in [1.165, 1.54) is 0 Å². The molecule has 0 saturated carbocycles. The Bertz CT molecular complexity index is 825. The number of methoxy groups -OCH3 is 2. The monoisotopic (exact) mass is 419 g/mol. The lowest BCUT2D eigenvalue weighted by Crippen LogP contribution is -2.42.